The van der Waals surface area contributed by atoms with Gasteiger partial charge in [-0.3, -0.25) is 14.4 Å². The molecule has 8 heteroatoms. The Morgan fingerprint density at radius 3 is 2.41 bits per heavy atom. The van der Waals surface area contributed by atoms with Crippen molar-refractivity contribution in [1.29, 1.82) is 0 Å². The normalized spacial score (nSPS) is 26.3. The van der Waals surface area contributed by atoms with E-state index in [0.717, 1.165) is 5.56 Å². The second-order valence-electron chi connectivity index (χ2n) is 9.20. The number of alkyl halides is 1. The van der Waals surface area contributed by atoms with E-state index in [-0.39, 0.29) is 35.3 Å². The predicted molar refractivity (Wildman–Crippen MR) is 124 cm³/mol. The van der Waals surface area contributed by atoms with E-state index in [4.69, 9.17) is 4.74 Å². The molecule has 5 atom stereocenters. The van der Waals surface area contributed by atoms with Gasteiger partial charge in [-0.1, -0.05) is 37.3 Å². The van der Waals surface area contributed by atoms with Crippen molar-refractivity contribution < 1.29 is 23.5 Å². The maximum Gasteiger partial charge on any atom is 0.254 e. The summed E-state index contributed by atoms with van der Waals surface area (Å²) in [5, 5.41) is 5.67. The molecule has 3 amide bonds. The fraction of sp³-hybridized carbons (Fsp3) is 0.423. The summed E-state index contributed by atoms with van der Waals surface area (Å²) in [6, 6.07) is 12.7. The fourth-order valence-electron chi connectivity index (χ4n) is 5.45. The number of benzene rings is 2. The first-order valence-corrected chi connectivity index (χ1v) is 11.7. The average Bonchev–Trinajstić information content (AvgIpc) is 3.20. The fourth-order valence-corrected chi connectivity index (χ4v) is 5.45. The van der Waals surface area contributed by atoms with E-state index >= 15 is 0 Å². The van der Waals surface area contributed by atoms with Gasteiger partial charge in [0, 0.05) is 55.6 Å². The number of amides is 3. The minimum Gasteiger partial charge on any atom is -0.486 e. The van der Waals surface area contributed by atoms with Crippen molar-refractivity contribution in [2.24, 2.45) is 11.8 Å². The van der Waals surface area contributed by atoms with E-state index in [1.807, 2.05) is 42.2 Å². The van der Waals surface area contributed by atoms with Crippen LogP contribution in [0.3, 0.4) is 0 Å². The molecule has 2 heterocycles. The van der Waals surface area contributed by atoms with E-state index in [1.54, 1.807) is 6.07 Å². The van der Waals surface area contributed by atoms with Crippen LogP contribution < -0.4 is 15.4 Å². The SMILES string of the molecule is CCC(=O)N1C[C@@H]2C(NC(=O)c3cc(C(=O)NC)c4c(c3)[C@@H](c3ccccc3)[C@H](CF)O4)[C@@H]2C1. The van der Waals surface area contributed by atoms with Gasteiger partial charge in [0.1, 0.15) is 18.5 Å². The number of likely N-dealkylation sites (tertiary alicyclic amines) is 1. The quantitative estimate of drug-likeness (QED) is 0.686. The third-order valence-corrected chi connectivity index (χ3v) is 7.29. The molecule has 34 heavy (non-hydrogen) atoms. The number of hydrogen-bond donors (Lipinski definition) is 2. The number of nitrogens with zero attached hydrogens (tertiary/aromatic N) is 1. The second kappa shape index (κ2) is 8.74. The Labute approximate surface area is 197 Å². The van der Waals surface area contributed by atoms with Gasteiger partial charge in [-0.25, -0.2) is 4.39 Å². The van der Waals surface area contributed by atoms with Crippen LogP contribution in [0.25, 0.3) is 0 Å². The number of fused-ring (bicyclic) bond motifs is 2. The number of hydrogen-bond acceptors (Lipinski definition) is 4. The molecular formula is C26H28FN3O4. The zero-order valence-electron chi connectivity index (χ0n) is 19.2. The molecule has 2 N–H and O–H groups in total. The molecule has 3 aliphatic rings. The minimum atomic E-state index is -0.774. The van der Waals surface area contributed by atoms with Gasteiger partial charge in [0.05, 0.1) is 11.5 Å². The van der Waals surface area contributed by atoms with Crippen LogP contribution in [0.15, 0.2) is 42.5 Å². The van der Waals surface area contributed by atoms with Crippen LogP contribution in [0.4, 0.5) is 4.39 Å². The number of nitrogens with one attached hydrogen (secondary N) is 2. The van der Waals surface area contributed by atoms with Gasteiger partial charge in [-0.2, -0.15) is 0 Å². The summed E-state index contributed by atoms with van der Waals surface area (Å²) < 4.78 is 19.9. The molecule has 5 rings (SSSR count). The third kappa shape index (κ3) is 3.71. The highest BCUT2D eigenvalue weighted by Crippen LogP contribution is 2.47. The average molecular weight is 466 g/mol. The van der Waals surface area contributed by atoms with Crippen molar-refractivity contribution in [3.8, 4) is 5.75 Å². The first kappa shape index (κ1) is 22.4. The third-order valence-electron chi connectivity index (χ3n) is 7.29. The smallest absolute Gasteiger partial charge is 0.254 e. The van der Waals surface area contributed by atoms with Crippen molar-refractivity contribution in [2.75, 3.05) is 26.8 Å². The number of piperidine rings is 1. The lowest BCUT2D eigenvalue weighted by Gasteiger charge is -2.20. The summed E-state index contributed by atoms with van der Waals surface area (Å²) in [5.41, 5.74) is 2.06. The Morgan fingerprint density at radius 1 is 1.09 bits per heavy atom. The zero-order chi connectivity index (χ0) is 24.0. The van der Waals surface area contributed by atoms with Crippen LogP contribution in [-0.4, -0.2) is 61.6 Å². The summed E-state index contributed by atoms with van der Waals surface area (Å²) in [6.07, 6.45) is -0.290. The number of halogens is 1. The molecule has 1 saturated carbocycles. The van der Waals surface area contributed by atoms with Gasteiger partial charge in [0.15, 0.2) is 0 Å². The Kier molecular flexibility index (Phi) is 5.75. The van der Waals surface area contributed by atoms with Crippen LogP contribution in [0.5, 0.6) is 5.75 Å². The van der Waals surface area contributed by atoms with Gasteiger partial charge in [-0.15, -0.1) is 0 Å². The van der Waals surface area contributed by atoms with E-state index in [0.29, 0.717) is 36.4 Å². The second-order valence-corrected chi connectivity index (χ2v) is 9.20. The molecule has 1 unspecified atom stereocenters. The van der Waals surface area contributed by atoms with Gasteiger partial charge in [-0.05, 0) is 17.7 Å². The highest BCUT2D eigenvalue weighted by Gasteiger charge is 2.57. The number of ether oxygens (including phenoxy) is 1. The predicted octanol–water partition coefficient (Wildman–Crippen LogP) is 2.51. The summed E-state index contributed by atoms with van der Waals surface area (Å²) in [5.74, 6) is -0.103. The van der Waals surface area contributed by atoms with Gasteiger partial charge >= 0.3 is 0 Å². The van der Waals surface area contributed by atoms with E-state index < -0.39 is 24.6 Å². The maximum absolute atomic E-state index is 14.0. The monoisotopic (exact) mass is 465 g/mol. The van der Waals surface area contributed by atoms with E-state index in [1.165, 1.54) is 13.1 Å². The number of rotatable bonds is 6. The lowest BCUT2D eigenvalue weighted by atomic mass is 9.86. The molecule has 2 aromatic carbocycles. The Hall–Kier alpha value is -3.42. The van der Waals surface area contributed by atoms with Crippen molar-refractivity contribution in [2.45, 2.75) is 31.4 Å². The highest BCUT2D eigenvalue weighted by molar-refractivity contribution is 6.02. The first-order valence-electron chi connectivity index (χ1n) is 11.7. The Balaban J connectivity index is 1.43. The van der Waals surface area contributed by atoms with E-state index in [2.05, 4.69) is 10.6 Å². The minimum absolute atomic E-state index is 0.0184. The van der Waals surface area contributed by atoms with Crippen molar-refractivity contribution in [3.63, 3.8) is 0 Å². The molecule has 0 bridgehead atoms. The molecule has 7 nitrogen and oxygen atoms in total. The van der Waals surface area contributed by atoms with Crippen LogP contribution >= 0.6 is 0 Å². The molecular weight excluding hydrogens is 437 g/mol. The van der Waals surface area contributed by atoms with Crippen molar-refractivity contribution in [1.82, 2.24) is 15.5 Å². The zero-order valence-corrected chi connectivity index (χ0v) is 19.2. The molecule has 178 valence electrons. The van der Waals surface area contributed by atoms with Gasteiger partial charge in [0.25, 0.3) is 11.8 Å². The molecule has 2 aromatic rings. The summed E-state index contributed by atoms with van der Waals surface area (Å²) in [4.78, 5) is 39.7. The molecule has 2 fully saturated rings. The molecule has 1 saturated heterocycles. The van der Waals surface area contributed by atoms with E-state index in [9.17, 15) is 18.8 Å². The summed E-state index contributed by atoms with van der Waals surface area (Å²) in [7, 11) is 1.51. The van der Waals surface area contributed by atoms with Crippen molar-refractivity contribution >= 4 is 17.7 Å². The summed E-state index contributed by atoms with van der Waals surface area (Å²) >= 11 is 0. The first-order chi connectivity index (χ1) is 16.5. The van der Waals surface area contributed by atoms with Gasteiger partial charge in [0.2, 0.25) is 5.91 Å². The topological polar surface area (TPSA) is 87.7 Å². The number of carbonyl (C=O) groups is 3. The molecule has 0 aromatic heterocycles. The van der Waals surface area contributed by atoms with Crippen LogP contribution in [0.2, 0.25) is 0 Å². The van der Waals surface area contributed by atoms with Crippen LogP contribution in [0.1, 0.15) is 51.1 Å². The lowest BCUT2D eigenvalue weighted by Crippen LogP contribution is -2.37. The van der Waals surface area contributed by atoms with Crippen LogP contribution in [-0.2, 0) is 4.79 Å². The maximum atomic E-state index is 14.0. The van der Waals surface area contributed by atoms with Crippen molar-refractivity contribution in [3.05, 3.63) is 64.7 Å². The Morgan fingerprint density at radius 2 is 1.79 bits per heavy atom. The molecule has 1 aliphatic carbocycles. The lowest BCUT2D eigenvalue weighted by molar-refractivity contribution is -0.130. The highest BCUT2D eigenvalue weighted by atomic mass is 19.1. The van der Waals surface area contributed by atoms with Gasteiger partial charge < -0.3 is 20.3 Å². The standard InChI is InChI=1S/C26H28FN3O4/c1-3-21(31)30-12-18-19(13-30)23(18)29-25(32)15-9-16-22(14-7-5-4-6-8-14)20(11-27)34-24(16)17(10-15)26(33)28-2/h4-10,18-20,22-23H,3,11-13H2,1-2H3,(H,28,33)(H,29,32)/t18-,19+,20-,22+,23?/m0/s1. The summed E-state index contributed by atoms with van der Waals surface area (Å²) in [6.45, 7) is 2.46. The van der Waals surface area contributed by atoms with Crippen LogP contribution in [0, 0.1) is 11.8 Å². The molecule has 2 aliphatic heterocycles. The number of carbonyl (C=O) groups excluding carboxylic acids is 3. The Bertz CT molecular complexity index is 1130. The molecule has 0 spiro atoms. The molecule has 0 radical (unpaired) electrons. The largest absolute Gasteiger partial charge is 0.486 e.